The fourth-order valence-electron chi connectivity index (χ4n) is 3.80. The maximum absolute atomic E-state index is 13.2. The van der Waals surface area contributed by atoms with Crippen molar-refractivity contribution >= 4 is 23.7 Å². The van der Waals surface area contributed by atoms with E-state index >= 15 is 0 Å². The van der Waals surface area contributed by atoms with Crippen LogP contribution >= 0.6 is 0 Å². The molecular formula is C26H44N6O5. The number of benzene rings is 1. The third-order valence-corrected chi connectivity index (χ3v) is 6.03. The van der Waals surface area contributed by atoms with E-state index in [1.54, 1.807) is 13.8 Å². The van der Waals surface area contributed by atoms with Gasteiger partial charge in [-0.15, -0.1) is 0 Å². The maximum Gasteiger partial charge on any atom is 0.326 e. The first-order valence-electron chi connectivity index (χ1n) is 12.9. The van der Waals surface area contributed by atoms with Crippen molar-refractivity contribution in [2.24, 2.45) is 23.1 Å². The molecule has 0 aromatic heterocycles. The lowest BCUT2D eigenvalue weighted by atomic mass is 10.0. The van der Waals surface area contributed by atoms with Crippen LogP contribution in [0.5, 0.6) is 0 Å². The van der Waals surface area contributed by atoms with Gasteiger partial charge in [0.25, 0.3) is 0 Å². The molecule has 0 aliphatic heterocycles. The third kappa shape index (κ3) is 12.2. The zero-order valence-corrected chi connectivity index (χ0v) is 21.9. The molecule has 0 bridgehead atoms. The normalized spacial score (nSPS) is 14.3. The summed E-state index contributed by atoms with van der Waals surface area (Å²) in [5.41, 5.74) is 18.2. The predicted molar refractivity (Wildman–Crippen MR) is 142 cm³/mol. The summed E-state index contributed by atoms with van der Waals surface area (Å²) < 4.78 is 0. The van der Waals surface area contributed by atoms with Crippen molar-refractivity contribution in [3.05, 3.63) is 35.9 Å². The highest BCUT2D eigenvalue weighted by molar-refractivity contribution is 5.94. The second-order valence-electron chi connectivity index (χ2n) is 9.56. The summed E-state index contributed by atoms with van der Waals surface area (Å²) in [7, 11) is 0. The van der Waals surface area contributed by atoms with Crippen LogP contribution in [0.3, 0.4) is 0 Å². The number of carboxylic acids is 1. The molecule has 11 nitrogen and oxygen atoms in total. The second kappa shape index (κ2) is 17.4. The third-order valence-electron chi connectivity index (χ3n) is 6.03. The molecule has 0 aliphatic carbocycles. The highest BCUT2D eigenvalue weighted by Crippen LogP contribution is 2.09. The average molecular weight is 521 g/mol. The zero-order valence-electron chi connectivity index (χ0n) is 21.9. The fraction of sp³-hybridized carbons (Fsp3) is 0.615. The largest absolute Gasteiger partial charge is 0.480 e. The Bertz CT molecular complexity index is 851. The van der Waals surface area contributed by atoms with Gasteiger partial charge in [-0.05, 0) is 69.5 Å². The molecule has 0 spiro atoms. The van der Waals surface area contributed by atoms with Gasteiger partial charge in [-0.1, -0.05) is 44.2 Å². The van der Waals surface area contributed by atoms with Crippen LogP contribution in [0.15, 0.2) is 30.3 Å². The maximum atomic E-state index is 13.2. The van der Waals surface area contributed by atoms with Crippen molar-refractivity contribution in [1.29, 1.82) is 0 Å². The molecule has 0 fully saturated rings. The molecule has 0 radical (unpaired) electrons. The molecular weight excluding hydrogens is 476 g/mol. The lowest BCUT2D eigenvalue weighted by Gasteiger charge is -2.26. The van der Waals surface area contributed by atoms with Crippen LogP contribution in [0.4, 0.5) is 0 Å². The first-order valence-corrected chi connectivity index (χ1v) is 12.9. The number of aliphatic carboxylic acids is 1. The summed E-state index contributed by atoms with van der Waals surface area (Å²) in [6, 6.07) is 5.44. The van der Waals surface area contributed by atoms with Gasteiger partial charge in [0.2, 0.25) is 17.7 Å². The topological polar surface area (TPSA) is 203 Å². The number of carboxylic acid groups (broad SMARTS) is 1. The van der Waals surface area contributed by atoms with Gasteiger partial charge in [-0.3, -0.25) is 14.4 Å². The van der Waals surface area contributed by atoms with Crippen molar-refractivity contribution in [2.45, 2.75) is 83.0 Å². The Balaban J connectivity index is 2.96. The quantitative estimate of drug-likeness (QED) is 0.131. The van der Waals surface area contributed by atoms with Crippen LogP contribution in [0, 0.1) is 5.92 Å². The Morgan fingerprint density at radius 3 is 1.73 bits per heavy atom. The van der Waals surface area contributed by atoms with Gasteiger partial charge in [-0.25, -0.2) is 4.79 Å². The van der Waals surface area contributed by atoms with Crippen molar-refractivity contribution in [3.63, 3.8) is 0 Å². The number of amides is 3. The van der Waals surface area contributed by atoms with Gasteiger partial charge < -0.3 is 38.3 Å². The van der Waals surface area contributed by atoms with Crippen molar-refractivity contribution in [2.75, 3.05) is 13.1 Å². The molecule has 1 aromatic carbocycles. The van der Waals surface area contributed by atoms with Crippen molar-refractivity contribution < 1.29 is 24.3 Å². The molecule has 37 heavy (non-hydrogen) atoms. The summed E-state index contributed by atoms with van der Waals surface area (Å²) in [4.78, 5) is 50.6. The van der Waals surface area contributed by atoms with Crippen LogP contribution in [0.1, 0.15) is 57.9 Å². The zero-order chi connectivity index (χ0) is 27.8. The average Bonchev–Trinajstić information content (AvgIpc) is 2.86. The standard InChI is InChI=1S/C26H44N6O5/c1-17(2)22(26(36)37)32-25(35)21(13-7-9-15-28)31-24(34)20(12-6-8-14-27)30-23(33)19(29)16-18-10-4-3-5-11-18/h3-5,10-11,17,19-22H,6-9,12-16,27-29H2,1-2H3,(H,30,33)(H,31,34)(H,32,35)(H,36,37). The number of hydrogen-bond donors (Lipinski definition) is 7. The van der Waals surface area contributed by atoms with Gasteiger partial charge in [0.05, 0.1) is 6.04 Å². The lowest BCUT2D eigenvalue weighted by molar-refractivity contribution is -0.143. The number of nitrogens with two attached hydrogens (primary N) is 3. The smallest absolute Gasteiger partial charge is 0.326 e. The molecule has 0 heterocycles. The van der Waals surface area contributed by atoms with E-state index in [9.17, 15) is 24.3 Å². The van der Waals surface area contributed by atoms with E-state index in [1.807, 2.05) is 30.3 Å². The van der Waals surface area contributed by atoms with Gasteiger partial charge in [0, 0.05) is 0 Å². The van der Waals surface area contributed by atoms with E-state index in [0.717, 1.165) is 5.56 Å². The molecule has 1 rings (SSSR count). The first-order chi connectivity index (χ1) is 17.6. The molecule has 208 valence electrons. The van der Waals surface area contributed by atoms with E-state index in [2.05, 4.69) is 16.0 Å². The van der Waals surface area contributed by atoms with Crippen LogP contribution in [0.25, 0.3) is 0 Å². The number of rotatable bonds is 18. The van der Waals surface area contributed by atoms with Crippen molar-refractivity contribution in [3.8, 4) is 0 Å². The molecule has 11 heteroatoms. The van der Waals surface area contributed by atoms with Gasteiger partial charge in [0.1, 0.15) is 18.1 Å². The minimum atomic E-state index is -1.16. The number of carbonyl (C=O) groups excluding carboxylic acids is 3. The highest BCUT2D eigenvalue weighted by Gasteiger charge is 2.31. The summed E-state index contributed by atoms with van der Waals surface area (Å²) in [6.45, 7) is 4.22. The predicted octanol–water partition coefficient (Wildman–Crippen LogP) is 0.00940. The fourth-order valence-corrected chi connectivity index (χ4v) is 3.80. The Hall–Kier alpha value is -3.02. The molecule has 3 amide bonds. The van der Waals surface area contributed by atoms with Crippen LogP contribution in [-0.2, 0) is 25.6 Å². The molecule has 4 atom stereocenters. The minimum Gasteiger partial charge on any atom is -0.480 e. The van der Waals surface area contributed by atoms with Gasteiger partial charge in [0.15, 0.2) is 0 Å². The SMILES string of the molecule is CC(C)C(NC(=O)C(CCCCN)NC(=O)C(CCCCN)NC(=O)C(N)Cc1ccccc1)C(=O)O. The summed E-state index contributed by atoms with van der Waals surface area (Å²) in [6.07, 6.45) is 3.33. The minimum absolute atomic E-state index is 0.274. The highest BCUT2D eigenvalue weighted by atomic mass is 16.4. The second-order valence-corrected chi connectivity index (χ2v) is 9.56. The number of hydrogen-bond acceptors (Lipinski definition) is 7. The Morgan fingerprint density at radius 1 is 0.784 bits per heavy atom. The number of unbranched alkanes of at least 4 members (excludes halogenated alkanes) is 2. The Morgan fingerprint density at radius 2 is 1.27 bits per heavy atom. The van der Waals surface area contributed by atoms with E-state index < -0.39 is 47.9 Å². The van der Waals surface area contributed by atoms with Crippen LogP contribution < -0.4 is 33.2 Å². The number of carbonyl (C=O) groups is 4. The molecule has 0 saturated carbocycles. The molecule has 0 aliphatic rings. The molecule has 10 N–H and O–H groups in total. The molecule has 0 saturated heterocycles. The lowest BCUT2D eigenvalue weighted by Crippen LogP contribution is -2.57. The number of nitrogens with one attached hydrogen (secondary N) is 3. The van der Waals surface area contributed by atoms with Crippen LogP contribution in [0.2, 0.25) is 0 Å². The van der Waals surface area contributed by atoms with E-state index in [-0.39, 0.29) is 12.3 Å². The van der Waals surface area contributed by atoms with Crippen molar-refractivity contribution in [1.82, 2.24) is 16.0 Å². The molecule has 1 aromatic rings. The summed E-state index contributed by atoms with van der Waals surface area (Å²) in [5, 5.41) is 17.4. The first kappa shape index (κ1) is 32.0. The molecule has 4 unspecified atom stereocenters. The van der Waals surface area contributed by atoms with E-state index in [1.165, 1.54) is 0 Å². The summed E-state index contributed by atoms with van der Waals surface area (Å²) >= 11 is 0. The monoisotopic (exact) mass is 520 g/mol. The van der Waals surface area contributed by atoms with E-state index in [0.29, 0.717) is 51.6 Å². The van der Waals surface area contributed by atoms with Gasteiger partial charge in [-0.2, -0.15) is 0 Å². The van der Waals surface area contributed by atoms with Crippen LogP contribution in [-0.4, -0.2) is 66.1 Å². The summed E-state index contributed by atoms with van der Waals surface area (Å²) in [5.74, 6) is -3.13. The Kier molecular flexibility index (Phi) is 15.1. The Labute approximate surface area is 219 Å². The van der Waals surface area contributed by atoms with Gasteiger partial charge >= 0.3 is 5.97 Å². The van der Waals surface area contributed by atoms with E-state index in [4.69, 9.17) is 17.2 Å².